The molecule has 3 nitrogen and oxygen atoms in total. The lowest BCUT2D eigenvalue weighted by atomic mass is 10.1. The number of anilines is 1. The van der Waals surface area contributed by atoms with Gasteiger partial charge in [-0.2, -0.15) is 0 Å². The zero-order valence-corrected chi connectivity index (χ0v) is 15.2. The minimum absolute atomic E-state index is 0.239. The summed E-state index contributed by atoms with van der Waals surface area (Å²) in [6, 6.07) is 13.2. The van der Waals surface area contributed by atoms with Crippen molar-refractivity contribution >= 4 is 45.6 Å². The van der Waals surface area contributed by atoms with E-state index in [1.165, 1.54) is 16.9 Å². The van der Waals surface area contributed by atoms with Gasteiger partial charge in [0.15, 0.2) is 5.13 Å². The average Bonchev–Trinajstić information content (AvgIpc) is 3.05. The molecule has 1 heterocycles. The second-order valence-corrected chi connectivity index (χ2v) is 6.79. The predicted octanol–water partition coefficient (Wildman–Crippen LogP) is 5.93. The van der Waals surface area contributed by atoms with Crippen molar-refractivity contribution in [3.63, 3.8) is 0 Å². The highest BCUT2D eigenvalue weighted by Crippen LogP contribution is 2.28. The molecule has 0 saturated carbocycles. The van der Waals surface area contributed by atoms with E-state index in [4.69, 9.17) is 23.2 Å². The van der Waals surface area contributed by atoms with Crippen LogP contribution in [0.4, 0.5) is 5.13 Å². The summed E-state index contributed by atoms with van der Waals surface area (Å²) in [7, 11) is 0. The number of benzene rings is 2. The molecule has 24 heavy (non-hydrogen) atoms. The van der Waals surface area contributed by atoms with Crippen LogP contribution in [-0.2, 0) is 6.42 Å². The van der Waals surface area contributed by atoms with E-state index in [2.05, 4.69) is 29.4 Å². The molecule has 0 unspecified atom stereocenters. The van der Waals surface area contributed by atoms with Crippen LogP contribution in [0.3, 0.4) is 0 Å². The summed E-state index contributed by atoms with van der Waals surface area (Å²) in [5.74, 6) is -0.329. The maximum Gasteiger partial charge on any atom is 0.259 e. The van der Waals surface area contributed by atoms with Crippen LogP contribution in [0.15, 0.2) is 47.8 Å². The molecule has 1 amide bonds. The van der Waals surface area contributed by atoms with Gasteiger partial charge in [-0.3, -0.25) is 10.1 Å². The van der Waals surface area contributed by atoms with Crippen molar-refractivity contribution in [1.29, 1.82) is 0 Å². The molecule has 6 heteroatoms. The minimum atomic E-state index is -0.329. The number of hydrogen-bond acceptors (Lipinski definition) is 3. The number of carbonyl (C=O) groups excluding carboxylic acids is 1. The lowest BCUT2D eigenvalue weighted by molar-refractivity contribution is 0.102. The van der Waals surface area contributed by atoms with Gasteiger partial charge >= 0.3 is 0 Å². The lowest BCUT2D eigenvalue weighted by Gasteiger charge is -2.05. The first-order valence-corrected chi connectivity index (χ1v) is 9.02. The Morgan fingerprint density at radius 3 is 2.62 bits per heavy atom. The number of hydrogen-bond donors (Lipinski definition) is 1. The molecular weight excluding hydrogens is 363 g/mol. The van der Waals surface area contributed by atoms with Crippen molar-refractivity contribution in [2.75, 3.05) is 5.32 Å². The number of amides is 1. The molecule has 3 aromatic rings. The zero-order chi connectivity index (χ0) is 17.1. The van der Waals surface area contributed by atoms with Crippen LogP contribution in [0.25, 0.3) is 11.3 Å². The smallest absolute Gasteiger partial charge is 0.259 e. The Labute approximate surface area is 154 Å². The van der Waals surface area contributed by atoms with Gasteiger partial charge in [0.25, 0.3) is 5.91 Å². The lowest BCUT2D eigenvalue weighted by Crippen LogP contribution is -2.12. The molecule has 0 spiro atoms. The first-order chi connectivity index (χ1) is 11.6. The summed E-state index contributed by atoms with van der Waals surface area (Å²) in [6.45, 7) is 2.12. The van der Waals surface area contributed by atoms with E-state index in [9.17, 15) is 4.79 Å². The highest BCUT2D eigenvalue weighted by atomic mass is 35.5. The molecule has 0 aliphatic rings. The molecule has 1 aromatic heterocycles. The second kappa shape index (κ2) is 7.34. The molecule has 0 aliphatic heterocycles. The van der Waals surface area contributed by atoms with Gasteiger partial charge in [0.1, 0.15) is 0 Å². The molecule has 0 aliphatic carbocycles. The zero-order valence-electron chi connectivity index (χ0n) is 12.8. The van der Waals surface area contributed by atoms with Crippen molar-refractivity contribution in [2.24, 2.45) is 0 Å². The van der Waals surface area contributed by atoms with Crippen LogP contribution in [0, 0.1) is 0 Å². The number of aryl methyl sites for hydroxylation is 1. The van der Waals surface area contributed by atoms with Gasteiger partial charge in [0, 0.05) is 10.9 Å². The number of carbonyl (C=O) groups is 1. The van der Waals surface area contributed by atoms with Crippen molar-refractivity contribution in [3.05, 3.63) is 69.0 Å². The van der Waals surface area contributed by atoms with Crippen molar-refractivity contribution in [1.82, 2.24) is 4.98 Å². The Hall–Kier alpha value is -1.88. The third-order valence-electron chi connectivity index (χ3n) is 3.58. The van der Waals surface area contributed by atoms with E-state index in [-0.39, 0.29) is 10.9 Å². The summed E-state index contributed by atoms with van der Waals surface area (Å²) < 4.78 is 0. The molecule has 0 radical (unpaired) electrons. The number of rotatable bonds is 4. The van der Waals surface area contributed by atoms with Crippen LogP contribution >= 0.6 is 34.5 Å². The summed E-state index contributed by atoms with van der Waals surface area (Å²) >= 11 is 13.4. The van der Waals surface area contributed by atoms with E-state index < -0.39 is 0 Å². The fourth-order valence-electron chi connectivity index (χ4n) is 2.22. The molecule has 122 valence electrons. The number of nitrogens with zero attached hydrogens (tertiary/aromatic N) is 1. The van der Waals surface area contributed by atoms with Crippen LogP contribution in [-0.4, -0.2) is 10.9 Å². The van der Waals surface area contributed by atoms with E-state index in [1.807, 2.05) is 17.5 Å². The Balaban J connectivity index is 1.78. The van der Waals surface area contributed by atoms with Crippen LogP contribution < -0.4 is 5.32 Å². The minimum Gasteiger partial charge on any atom is -0.298 e. The van der Waals surface area contributed by atoms with Crippen molar-refractivity contribution in [3.8, 4) is 11.3 Å². The first-order valence-electron chi connectivity index (χ1n) is 7.38. The normalized spacial score (nSPS) is 10.6. The number of aromatic nitrogens is 1. The maximum atomic E-state index is 12.3. The number of nitrogens with one attached hydrogen (secondary N) is 1. The van der Waals surface area contributed by atoms with Gasteiger partial charge in [0.05, 0.1) is 21.3 Å². The van der Waals surface area contributed by atoms with Crippen molar-refractivity contribution in [2.45, 2.75) is 13.3 Å². The molecular formula is C18H14Cl2N2OS. The number of thiazole rings is 1. The van der Waals surface area contributed by atoms with E-state index >= 15 is 0 Å². The highest BCUT2D eigenvalue weighted by Gasteiger charge is 2.14. The molecule has 1 N–H and O–H groups in total. The molecule has 0 bridgehead atoms. The Bertz CT molecular complexity index is 875. The molecule has 0 fully saturated rings. The predicted molar refractivity (Wildman–Crippen MR) is 101 cm³/mol. The summed E-state index contributed by atoms with van der Waals surface area (Å²) in [5, 5.41) is 5.78. The van der Waals surface area contributed by atoms with E-state index in [1.54, 1.807) is 18.2 Å². The van der Waals surface area contributed by atoms with E-state index in [0.717, 1.165) is 17.7 Å². The summed E-state index contributed by atoms with van der Waals surface area (Å²) in [4.78, 5) is 16.8. The monoisotopic (exact) mass is 376 g/mol. The second-order valence-electron chi connectivity index (χ2n) is 5.14. The molecule has 2 aromatic carbocycles. The van der Waals surface area contributed by atoms with Crippen LogP contribution in [0.5, 0.6) is 0 Å². The fraction of sp³-hybridized carbons (Fsp3) is 0.111. The van der Waals surface area contributed by atoms with E-state index in [0.29, 0.717) is 15.7 Å². The van der Waals surface area contributed by atoms with Crippen molar-refractivity contribution < 1.29 is 4.79 Å². The Kier molecular flexibility index (Phi) is 5.19. The molecule has 0 atom stereocenters. The summed E-state index contributed by atoms with van der Waals surface area (Å²) in [5.41, 5.74) is 3.45. The summed E-state index contributed by atoms with van der Waals surface area (Å²) in [6.07, 6.45) is 0.999. The van der Waals surface area contributed by atoms with Crippen LogP contribution in [0.1, 0.15) is 22.8 Å². The third-order valence-corrected chi connectivity index (χ3v) is 5.16. The SMILES string of the molecule is CCc1ccc(-c2csc(NC(=O)c3cccc(Cl)c3Cl)n2)cc1. The highest BCUT2D eigenvalue weighted by molar-refractivity contribution is 7.14. The Morgan fingerprint density at radius 1 is 1.17 bits per heavy atom. The average molecular weight is 377 g/mol. The topological polar surface area (TPSA) is 42.0 Å². The fourth-order valence-corrected chi connectivity index (χ4v) is 3.32. The molecule has 0 saturated heterocycles. The first kappa shape index (κ1) is 17.0. The standard InChI is InChI=1S/C18H14Cl2N2OS/c1-2-11-6-8-12(9-7-11)15-10-24-18(21-15)22-17(23)13-4-3-5-14(19)16(13)20/h3-10H,2H2,1H3,(H,21,22,23). The molecule has 3 rings (SSSR count). The van der Waals surface area contributed by atoms with Gasteiger partial charge in [-0.25, -0.2) is 4.98 Å². The van der Waals surface area contributed by atoms with Crippen LogP contribution in [0.2, 0.25) is 10.0 Å². The van der Waals surface area contributed by atoms with Gasteiger partial charge in [-0.1, -0.05) is 60.5 Å². The van der Waals surface area contributed by atoms with Gasteiger partial charge in [-0.05, 0) is 24.1 Å². The third kappa shape index (κ3) is 3.61. The largest absolute Gasteiger partial charge is 0.298 e. The number of halogens is 2. The van der Waals surface area contributed by atoms with Gasteiger partial charge in [-0.15, -0.1) is 11.3 Å². The maximum absolute atomic E-state index is 12.3. The Morgan fingerprint density at radius 2 is 1.92 bits per heavy atom. The quantitative estimate of drug-likeness (QED) is 0.612. The van der Waals surface area contributed by atoms with Gasteiger partial charge < -0.3 is 0 Å². The van der Waals surface area contributed by atoms with Gasteiger partial charge in [0.2, 0.25) is 0 Å².